The van der Waals surface area contributed by atoms with Gasteiger partial charge in [-0.25, -0.2) is 0 Å². The highest BCUT2D eigenvalue weighted by atomic mass is 16.1. The molecule has 0 aliphatic heterocycles. The summed E-state index contributed by atoms with van der Waals surface area (Å²) in [6.45, 7) is 9.89. The van der Waals surface area contributed by atoms with E-state index in [1.165, 1.54) is 0 Å². The molecule has 19 heavy (non-hydrogen) atoms. The van der Waals surface area contributed by atoms with Crippen molar-refractivity contribution in [1.82, 2.24) is 0 Å². The van der Waals surface area contributed by atoms with Crippen LogP contribution in [0.4, 0.5) is 0 Å². The van der Waals surface area contributed by atoms with Crippen LogP contribution in [-0.2, 0) is 4.79 Å². The average Bonchev–Trinajstić information content (AvgIpc) is 2.49. The van der Waals surface area contributed by atoms with Crippen molar-refractivity contribution >= 4 is 25.3 Å². The first-order valence-electron chi connectivity index (χ1n) is 6.95. The first kappa shape index (κ1) is 17.4. The molecular weight excluding hydrogens is 231 g/mol. The third-order valence-corrected chi connectivity index (χ3v) is 2.67. The number of ketones is 1. The largest absolute Gasteiger partial charge is 0.295 e. The standard InChI is InChI=1S/C13H11BO.2C2H6/c1-9-11-7-3-2-5-10(11)6-4-8-12(15)13(9)14;2*1-2/h2-7H,8H2,1H3;2*1-2H3/b6-4+,13-9+;;. The highest BCUT2D eigenvalue weighted by molar-refractivity contribution is 6.40. The van der Waals surface area contributed by atoms with Crippen LogP contribution >= 0.6 is 0 Å². The molecule has 1 aliphatic rings. The molecule has 0 atom stereocenters. The van der Waals surface area contributed by atoms with E-state index in [1.54, 1.807) is 0 Å². The lowest BCUT2D eigenvalue weighted by molar-refractivity contribution is -0.114. The van der Waals surface area contributed by atoms with Crippen molar-refractivity contribution in [2.24, 2.45) is 0 Å². The maximum Gasteiger partial charge on any atom is 0.152 e. The van der Waals surface area contributed by atoms with E-state index in [2.05, 4.69) is 0 Å². The minimum atomic E-state index is -0.00162. The summed E-state index contributed by atoms with van der Waals surface area (Å²) in [5.41, 5.74) is 3.41. The Labute approximate surface area is 118 Å². The van der Waals surface area contributed by atoms with Gasteiger partial charge in [0.2, 0.25) is 0 Å². The summed E-state index contributed by atoms with van der Waals surface area (Å²) in [7, 11) is 5.80. The fraction of sp³-hybridized carbons (Fsp3) is 0.353. The minimum absolute atomic E-state index is 0.00162. The molecule has 0 aromatic heterocycles. The molecule has 1 aromatic carbocycles. The van der Waals surface area contributed by atoms with E-state index in [0.29, 0.717) is 11.9 Å². The second kappa shape index (κ2) is 9.38. The topological polar surface area (TPSA) is 17.1 Å². The molecule has 2 radical (unpaired) electrons. The molecule has 0 amide bonds. The van der Waals surface area contributed by atoms with Crippen LogP contribution in [0.1, 0.15) is 52.2 Å². The Kier molecular flexibility index (Phi) is 8.60. The van der Waals surface area contributed by atoms with Gasteiger partial charge in [0.05, 0.1) is 0 Å². The summed E-state index contributed by atoms with van der Waals surface area (Å²) in [5, 5.41) is 0. The van der Waals surface area contributed by atoms with E-state index >= 15 is 0 Å². The lowest BCUT2D eigenvalue weighted by atomic mass is 9.81. The molecule has 100 valence electrons. The third-order valence-electron chi connectivity index (χ3n) is 2.67. The zero-order chi connectivity index (χ0) is 14.8. The number of allylic oxidation sites excluding steroid dienone is 3. The van der Waals surface area contributed by atoms with Gasteiger partial charge in [-0.05, 0) is 23.6 Å². The number of carbonyl (C=O) groups excluding carboxylic acids is 1. The van der Waals surface area contributed by atoms with Gasteiger partial charge in [-0.3, -0.25) is 4.79 Å². The average molecular weight is 254 g/mol. The van der Waals surface area contributed by atoms with E-state index in [4.69, 9.17) is 7.85 Å². The Morgan fingerprint density at radius 1 is 1.05 bits per heavy atom. The van der Waals surface area contributed by atoms with Crippen LogP contribution in [0, 0.1) is 0 Å². The SMILES string of the molecule is CC.CC.[B]/C1=C(\C)c2ccccc2/C=C/CC1=O. The van der Waals surface area contributed by atoms with Crippen molar-refractivity contribution < 1.29 is 4.79 Å². The van der Waals surface area contributed by atoms with Crippen LogP contribution in [0.15, 0.2) is 35.8 Å². The molecule has 1 aliphatic carbocycles. The van der Waals surface area contributed by atoms with Crippen molar-refractivity contribution in [2.75, 3.05) is 0 Å². The first-order valence-corrected chi connectivity index (χ1v) is 6.95. The van der Waals surface area contributed by atoms with Crippen LogP contribution in [0.25, 0.3) is 11.6 Å². The molecule has 1 aromatic rings. The number of fused-ring (bicyclic) bond motifs is 1. The monoisotopic (exact) mass is 254 g/mol. The number of carbonyl (C=O) groups is 1. The first-order chi connectivity index (χ1) is 9.20. The van der Waals surface area contributed by atoms with E-state index in [-0.39, 0.29) is 5.78 Å². The van der Waals surface area contributed by atoms with Gasteiger partial charge in [0.25, 0.3) is 0 Å². The Balaban J connectivity index is 0.000000741. The van der Waals surface area contributed by atoms with Gasteiger partial charge < -0.3 is 0 Å². The molecule has 2 rings (SSSR count). The number of hydrogen-bond donors (Lipinski definition) is 0. The van der Waals surface area contributed by atoms with E-state index in [0.717, 1.165) is 16.7 Å². The van der Waals surface area contributed by atoms with Crippen molar-refractivity contribution in [3.8, 4) is 0 Å². The fourth-order valence-corrected chi connectivity index (χ4v) is 1.74. The van der Waals surface area contributed by atoms with Gasteiger partial charge >= 0.3 is 0 Å². The zero-order valence-corrected chi connectivity index (χ0v) is 12.7. The molecule has 1 nitrogen and oxygen atoms in total. The quantitative estimate of drug-likeness (QED) is 0.617. The number of rotatable bonds is 0. The van der Waals surface area contributed by atoms with Gasteiger partial charge in [0, 0.05) is 6.42 Å². The summed E-state index contributed by atoms with van der Waals surface area (Å²) < 4.78 is 0. The lowest BCUT2D eigenvalue weighted by Crippen LogP contribution is -2.05. The summed E-state index contributed by atoms with van der Waals surface area (Å²) in [6.07, 6.45) is 4.22. The van der Waals surface area contributed by atoms with Gasteiger partial charge in [0.1, 0.15) is 7.85 Å². The lowest BCUT2D eigenvalue weighted by Gasteiger charge is -2.12. The number of Topliss-reactive ketones (excluding diaryl/α,β-unsaturated/α-hetero) is 1. The van der Waals surface area contributed by atoms with Crippen LogP contribution in [0.2, 0.25) is 0 Å². The highest BCUT2D eigenvalue weighted by Crippen LogP contribution is 2.25. The van der Waals surface area contributed by atoms with E-state index in [1.807, 2.05) is 71.0 Å². The fourth-order valence-electron chi connectivity index (χ4n) is 1.74. The maximum absolute atomic E-state index is 11.6. The second-order valence-corrected chi connectivity index (χ2v) is 3.66. The van der Waals surface area contributed by atoms with Gasteiger partial charge in [-0.15, -0.1) is 0 Å². The Bertz CT molecular complexity index is 470. The molecule has 0 unspecified atom stereocenters. The van der Waals surface area contributed by atoms with E-state index in [9.17, 15) is 4.79 Å². The second-order valence-electron chi connectivity index (χ2n) is 3.66. The van der Waals surface area contributed by atoms with Crippen LogP contribution in [-0.4, -0.2) is 13.6 Å². The predicted molar refractivity (Wildman–Crippen MR) is 86.1 cm³/mol. The predicted octanol–water partition coefficient (Wildman–Crippen LogP) is 4.62. The third kappa shape index (κ3) is 4.55. The zero-order valence-electron chi connectivity index (χ0n) is 12.7. The molecule has 0 spiro atoms. The maximum atomic E-state index is 11.6. The van der Waals surface area contributed by atoms with Crippen molar-refractivity contribution in [1.29, 1.82) is 0 Å². The minimum Gasteiger partial charge on any atom is -0.295 e. The summed E-state index contributed by atoms with van der Waals surface area (Å²) in [4.78, 5) is 11.6. The smallest absolute Gasteiger partial charge is 0.152 e. The molecular formula is C17H23BO. The highest BCUT2D eigenvalue weighted by Gasteiger charge is 2.11. The number of benzene rings is 1. The summed E-state index contributed by atoms with van der Waals surface area (Å²) >= 11 is 0. The summed E-state index contributed by atoms with van der Waals surface area (Å²) in [6, 6.07) is 7.95. The molecule has 0 saturated heterocycles. The molecule has 0 saturated carbocycles. The number of hydrogen-bond acceptors (Lipinski definition) is 1. The van der Waals surface area contributed by atoms with Crippen LogP contribution in [0.5, 0.6) is 0 Å². The van der Waals surface area contributed by atoms with Crippen molar-refractivity contribution in [2.45, 2.75) is 41.0 Å². The van der Waals surface area contributed by atoms with Crippen LogP contribution < -0.4 is 0 Å². The Hall–Kier alpha value is -1.57. The molecule has 0 fully saturated rings. The normalized spacial score (nSPS) is 18.7. The van der Waals surface area contributed by atoms with Gasteiger partial charge in [-0.1, -0.05) is 69.6 Å². The van der Waals surface area contributed by atoms with Crippen molar-refractivity contribution in [3.63, 3.8) is 0 Å². The van der Waals surface area contributed by atoms with Crippen molar-refractivity contribution in [3.05, 3.63) is 46.9 Å². The Morgan fingerprint density at radius 2 is 1.63 bits per heavy atom. The molecule has 0 heterocycles. The van der Waals surface area contributed by atoms with E-state index < -0.39 is 0 Å². The molecule has 2 heteroatoms. The van der Waals surface area contributed by atoms with Gasteiger partial charge in [0.15, 0.2) is 5.78 Å². The van der Waals surface area contributed by atoms with Crippen LogP contribution in [0.3, 0.4) is 0 Å². The van der Waals surface area contributed by atoms with Gasteiger partial charge in [-0.2, -0.15) is 0 Å². The molecule has 0 bridgehead atoms. The summed E-state index contributed by atoms with van der Waals surface area (Å²) in [5.74, 6) is -0.00162. The Morgan fingerprint density at radius 3 is 2.26 bits per heavy atom. The molecule has 0 N–H and O–H groups in total.